The van der Waals surface area contributed by atoms with Crippen LogP contribution in [0.2, 0.25) is 0 Å². The van der Waals surface area contributed by atoms with E-state index in [1.165, 1.54) is 7.11 Å². The largest absolute Gasteiger partial charge is 0.465 e. The van der Waals surface area contributed by atoms with Gasteiger partial charge in [-0.3, -0.25) is 4.79 Å². The predicted octanol–water partition coefficient (Wildman–Crippen LogP) is 5.00. The molecule has 0 aliphatic heterocycles. The van der Waals surface area contributed by atoms with Crippen LogP contribution in [0.1, 0.15) is 40.4 Å². The number of ether oxygens (including phenoxy) is 2. The molecule has 4 rings (SSSR count). The highest BCUT2D eigenvalue weighted by Crippen LogP contribution is 2.55. The van der Waals surface area contributed by atoms with Gasteiger partial charge in [0.15, 0.2) is 0 Å². The first-order valence-corrected chi connectivity index (χ1v) is 10.3. The summed E-state index contributed by atoms with van der Waals surface area (Å²) in [5.74, 6) is -0.827. The summed E-state index contributed by atoms with van der Waals surface area (Å²) in [4.78, 5) is 25.6. The summed E-state index contributed by atoms with van der Waals surface area (Å²) in [7, 11) is 1.36. The third-order valence-corrected chi connectivity index (χ3v) is 5.67. The molecule has 5 heteroatoms. The lowest BCUT2D eigenvalue weighted by molar-refractivity contribution is -0.145. The van der Waals surface area contributed by atoms with Gasteiger partial charge in [0.1, 0.15) is 5.44 Å². The summed E-state index contributed by atoms with van der Waals surface area (Å²) >= 11 is 4.21. The maximum atomic E-state index is 13.0. The quantitative estimate of drug-likeness (QED) is 0.360. The molecular weight excluding hydrogens is 396 g/mol. The number of thiol groups is 1. The van der Waals surface area contributed by atoms with E-state index in [9.17, 15) is 9.59 Å². The minimum atomic E-state index is -0.877. The summed E-state index contributed by atoms with van der Waals surface area (Å²) in [6.07, 6.45) is 0.0416. The van der Waals surface area contributed by atoms with Crippen LogP contribution in [-0.2, 0) is 19.7 Å². The molecule has 1 aliphatic rings. The zero-order valence-electron chi connectivity index (χ0n) is 16.8. The van der Waals surface area contributed by atoms with Crippen molar-refractivity contribution >= 4 is 24.6 Å². The molecular formula is C25H22O4S. The van der Waals surface area contributed by atoms with E-state index in [2.05, 4.69) is 12.6 Å². The van der Waals surface area contributed by atoms with Crippen LogP contribution >= 0.6 is 12.6 Å². The molecule has 4 nitrogen and oxygen atoms in total. The highest BCUT2D eigenvalue weighted by molar-refractivity contribution is 7.80. The first kappa shape index (κ1) is 20.2. The van der Waals surface area contributed by atoms with Gasteiger partial charge in [0.05, 0.1) is 24.5 Å². The Bertz CT molecular complexity index is 1070. The summed E-state index contributed by atoms with van der Waals surface area (Å²) < 4.78 is 10.5. The molecule has 30 heavy (non-hydrogen) atoms. The Morgan fingerprint density at radius 1 is 0.867 bits per heavy atom. The van der Waals surface area contributed by atoms with Crippen LogP contribution in [-0.4, -0.2) is 24.5 Å². The first-order chi connectivity index (χ1) is 14.5. The topological polar surface area (TPSA) is 52.6 Å². The van der Waals surface area contributed by atoms with Crippen molar-refractivity contribution in [2.45, 2.75) is 24.2 Å². The van der Waals surface area contributed by atoms with E-state index in [1.807, 2.05) is 60.7 Å². The fourth-order valence-electron chi connectivity index (χ4n) is 4.49. The number of rotatable bonds is 5. The van der Waals surface area contributed by atoms with E-state index in [1.54, 1.807) is 19.1 Å². The van der Waals surface area contributed by atoms with Crippen molar-refractivity contribution in [2.75, 3.05) is 7.11 Å². The van der Waals surface area contributed by atoms with Gasteiger partial charge >= 0.3 is 11.9 Å². The minimum Gasteiger partial charge on any atom is -0.465 e. The summed E-state index contributed by atoms with van der Waals surface area (Å²) in [5.41, 5.74) is 3.75. The number of fused-ring (bicyclic) bond motifs is 3. The van der Waals surface area contributed by atoms with E-state index >= 15 is 0 Å². The summed E-state index contributed by atoms with van der Waals surface area (Å²) in [5, 5.41) is 0. The summed E-state index contributed by atoms with van der Waals surface area (Å²) in [6.45, 7) is 1.70. The molecule has 0 saturated carbocycles. The Morgan fingerprint density at radius 3 is 1.90 bits per heavy atom. The molecule has 0 aromatic heterocycles. The number of carbonyl (C=O) groups excluding carboxylic acids is 2. The van der Waals surface area contributed by atoms with E-state index in [0.29, 0.717) is 5.56 Å². The zero-order chi connectivity index (χ0) is 21.3. The maximum Gasteiger partial charge on any atom is 0.338 e. The van der Waals surface area contributed by atoms with Crippen LogP contribution in [0.25, 0.3) is 11.1 Å². The van der Waals surface area contributed by atoms with Crippen molar-refractivity contribution in [3.05, 3.63) is 95.1 Å². The molecule has 0 fully saturated rings. The van der Waals surface area contributed by atoms with Crippen LogP contribution in [0.3, 0.4) is 0 Å². The fourth-order valence-corrected chi connectivity index (χ4v) is 4.61. The van der Waals surface area contributed by atoms with Gasteiger partial charge < -0.3 is 9.47 Å². The fraction of sp³-hybridized carbons (Fsp3) is 0.200. The lowest BCUT2D eigenvalue weighted by atomic mass is 9.68. The number of methoxy groups -OCH3 is 1. The number of carbonyl (C=O) groups is 2. The summed E-state index contributed by atoms with van der Waals surface area (Å²) in [6, 6.07) is 23.3. The molecule has 1 aliphatic carbocycles. The van der Waals surface area contributed by atoms with Gasteiger partial charge in [0.2, 0.25) is 0 Å². The normalized spacial score (nSPS) is 14.4. The molecule has 0 N–H and O–H groups in total. The second-order valence-corrected chi connectivity index (χ2v) is 8.03. The van der Waals surface area contributed by atoms with Crippen LogP contribution in [0.15, 0.2) is 72.8 Å². The lowest BCUT2D eigenvalue weighted by Gasteiger charge is -2.33. The van der Waals surface area contributed by atoms with Gasteiger partial charge in [-0.2, -0.15) is 0 Å². The second kappa shape index (κ2) is 8.00. The van der Waals surface area contributed by atoms with Crippen LogP contribution in [0.4, 0.5) is 0 Å². The molecule has 1 atom stereocenters. The smallest absolute Gasteiger partial charge is 0.338 e. The van der Waals surface area contributed by atoms with Crippen molar-refractivity contribution in [3.63, 3.8) is 0 Å². The van der Waals surface area contributed by atoms with Crippen LogP contribution < -0.4 is 0 Å². The highest BCUT2D eigenvalue weighted by Gasteiger charge is 2.48. The molecule has 3 aromatic rings. The molecule has 0 spiro atoms. The van der Waals surface area contributed by atoms with Gasteiger partial charge in [-0.1, -0.05) is 66.7 Å². The van der Waals surface area contributed by atoms with E-state index in [4.69, 9.17) is 9.47 Å². The van der Waals surface area contributed by atoms with Gasteiger partial charge in [-0.15, -0.1) is 12.6 Å². The Balaban J connectivity index is 2.05. The second-order valence-electron chi connectivity index (χ2n) is 7.30. The Hall–Kier alpha value is -3.05. The molecule has 3 aromatic carbocycles. The van der Waals surface area contributed by atoms with Gasteiger partial charge in [0, 0.05) is 0 Å². The zero-order valence-corrected chi connectivity index (χ0v) is 17.7. The predicted molar refractivity (Wildman–Crippen MR) is 119 cm³/mol. The highest BCUT2D eigenvalue weighted by atomic mass is 32.1. The Kier molecular flexibility index (Phi) is 5.39. The third-order valence-electron chi connectivity index (χ3n) is 5.57. The van der Waals surface area contributed by atoms with E-state index < -0.39 is 16.8 Å². The van der Waals surface area contributed by atoms with Crippen LogP contribution in [0.5, 0.6) is 0 Å². The molecule has 0 radical (unpaired) electrons. The third kappa shape index (κ3) is 3.19. The Morgan fingerprint density at radius 2 is 1.37 bits per heavy atom. The number of esters is 2. The van der Waals surface area contributed by atoms with Gasteiger partial charge in [-0.25, -0.2) is 4.79 Å². The van der Waals surface area contributed by atoms with Crippen LogP contribution in [0, 0.1) is 0 Å². The molecule has 0 saturated heterocycles. The molecule has 1 unspecified atom stereocenters. The molecule has 152 valence electrons. The van der Waals surface area contributed by atoms with Crippen molar-refractivity contribution in [3.8, 4) is 11.1 Å². The molecule has 0 amide bonds. The van der Waals surface area contributed by atoms with Crippen molar-refractivity contribution in [1.82, 2.24) is 0 Å². The average Bonchev–Trinajstić information content (AvgIpc) is 3.03. The van der Waals surface area contributed by atoms with Crippen molar-refractivity contribution < 1.29 is 19.1 Å². The number of hydrogen-bond donors (Lipinski definition) is 1. The Labute approximate surface area is 181 Å². The minimum absolute atomic E-state index is 0.0416. The van der Waals surface area contributed by atoms with Gasteiger partial charge in [-0.05, 0) is 40.8 Å². The SMILES string of the molecule is COC(=O)c1ccccc1C1(CC(=O)OC(C)S)c2ccccc2-c2ccccc21. The first-order valence-electron chi connectivity index (χ1n) is 9.74. The standard InChI is InChI=1S/C25H22O4S/c1-16(30)29-23(26)15-25(22-14-8-5-11-19(22)24(27)28-2)20-12-6-3-9-17(20)18-10-4-7-13-21(18)25/h3-14,16,30H,15H2,1-2H3. The number of benzene rings is 3. The maximum absolute atomic E-state index is 13.0. The van der Waals surface area contributed by atoms with Crippen molar-refractivity contribution in [1.29, 1.82) is 0 Å². The van der Waals surface area contributed by atoms with E-state index in [-0.39, 0.29) is 12.4 Å². The lowest BCUT2D eigenvalue weighted by Crippen LogP contribution is -2.33. The molecule has 0 bridgehead atoms. The average molecular weight is 419 g/mol. The van der Waals surface area contributed by atoms with E-state index in [0.717, 1.165) is 27.8 Å². The van der Waals surface area contributed by atoms with Gasteiger partial charge in [0.25, 0.3) is 0 Å². The molecule has 0 heterocycles. The van der Waals surface area contributed by atoms with Crippen molar-refractivity contribution in [2.24, 2.45) is 0 Å². The number of hydrogen-bond acceptors (Lipinski definition) is 5. The monoisotopic (exact) mass is 418 g/mol.